The lowest BCUT2D eigenvalue weighted by atomic mass is 9.82. The van der Waals surface area contributed by atoms with Crippen molar-refractivity contribution < 1.29 is 14.6 Å². The van der Waals surface area contributed by atoms with E-state index >= 15 is 0 Å². The summed E-state index contributed by atoms with van der Waals surface area (Å²) in [7, 11) is 0. The summed E-state index contributed by atoms with van der Waals surface area (Å²) in [5.41, 5.74) is 5.32. The van der Waals surface area contributed by atoms with Crippen LogP contribution >= 0.6 is 0 Å². The van der Waals surface area contributed by atoms with Crippen LogP contribution in [0.2, 0.25) is 0 Å². The van der Waals surface area contributed by atoms with Gasteiger partial charge >= 0.3 is 5.97 Å². The molecule has 0 atom stereocenters. The monoisotopic (exact) mass is 425 g/mol. The van der Waals surface area contributed by atoms with E-state index in [1.807, 2.05) is 32.2 Å². The van der Waals surface area contributed by atoms with Gasteiger partial charge in [-0.25, -0.2) is 4.98 Å². The van der Waals surface area contributed by atoms with Crippen LogP contribution in [0.25, 0.3) is 11.3 Å². The highest BCUT2D eigenvalue weighted by atomic mass is 16.5. The van der Waals surface area contributed by atoms with Gasteiger partial charge in [0.15, 0.2) is 0 Å². The first-order chi connectivity index (χ1) is 14.6. The first kappa shape index (κ1) is 23.0. The van der Waals surface area contributed by atoms with Crippen molar-refractivity contribution in [1.29, 1.82) is 0 Å². The van der Waals surface area contributed by atoms with E-state index in [1.54, 1.807) is 0 Å². The van der Waals surface area contributed by atoms with E-state index in [4.69, 9.17) is 9.72 Å². The highest BCUT2D eigenvalue weighted by molar-refractivity contribution is 5.83. The molecule has 0 spiro atoms. The van der Waals surface area contributed by atoms with Gasteiger partial charge in [-0.05, 0) is 50.2 Å². The molecule has 0 saturated carbocycles. The van der Waals surface area contributed by atoms with Gasteiger partial charge in [0.25, 0.3) is 0 Å². The van der Waals surface area contributed by atoms with Gasteiger partial charge in [-0.2, -0.15) is 0 Å². The second kappa shape index (κ2) is 9.25. The SMILES string of the molecule is Cc1nc(-c2cnc(C)c(CC(=O)O)c2N2CCC(C)(C)CC2)ccc1OCC(C)C. The van der Waals surface area contributed by atoms with Crippen molar-refractivity contribution in [2.45, 2.75) is 60.8 Å². The third-order valence-electron chi connectivity index (χ3n) is 6.01. The summed E-state index contributed by atoms with van der Waals surface area (Å²) in [6, 6.07) is 3.91. The molecule has 1 fully saturated rings. The summed E-state index contributed by atoms with van der Waals surface area (Å²) in [4.78, 5) is 23.3. The molecule has 0 unspecified atom stereocenters. The van der Waals surface area contributed by atoms with E-state index < -0.39 is 5.97 Å². The molecule has 0 aliphatic carbocycles. The third-order valence-corrected chi connectivity index (χ3v) is 6.01. The number of aliphatic carboxylic acids is 1. The Morgan fingerprint density at radius 2 is 1.87 bits per heavy atom. The second-order valence-corrected chi connectivity index (χ2v) is 9.79. The summed E-state index contributed by atoms with van der Waals surface area (Å²) in [5, 5.41) is 9.56. The minimum absolute atomic E-state index is 0.0452. The largest absolute Gasteiger partial charge is 0.491 e. The third kappa shape index (κ3) is 5.54. The number of rotatable bonds is 7. The zero-order chi connectivity index (χ0) is 22.8. The fourth-order valence-corrected chi connectivity index (χ4v) is 3.99. The van der Waals surface area contributed by atoms with Gasteiger partial charge in [-0.15, -0.1) is 0 Å². The maximum atomic E-state index is 11.7. The van der Waals surface area contributed by atoms with E-state index in [0.717, 1.165) is 65.6 Å². The number of hydrogen-bond acceptors (Lipinski definition) is 5. The standard InChI is InChI=1S/C25H35N3O3/c1-16(2)15-31-22-8-7-21(27-18(22)4)20-14-26-17(3)19(13-23(29)30)24(20)28-11-9-25(5,6)10-12-28/h7-8,14,16H,9-13,15H2,1-6H3,(H,29,30). The lowest BCUT2D eigenvalue weighted by molar-refractivity contribution is -0.136. The van der Waals surface area contributed by atoms with Crippen molar-refractivity contribution in [2.24, 2.45) is 11.3 Å². The maximum absolute atomic E-state index is 11.7. The molecule has 0 radical (unpaired) electrons. The van der Waals surface area contributed by atoms with Gasteiger partial charge in [0.1, 0.15) is 5.75 Å². The molecule has 2 aromatic rings. The second-order valence-electron chi connectivity index (χ2n) is 9.79. The summed E-state index contributed by atoms with van der Waals surface area (Å²) in [6.45, 7) is 15.1. The molecule has 1 aliphatic rings. The molecule has 1 aliphatic heterocycles. The lowest BCUT2D eigenvalue weighted by Crippen LogP contribution is -2.38. The van der Waals surface area contributed by atoms with Crippen molar-refractivity contribution in [3.05, 3.63) is 35.3 Å². The van der Waals surface area contributed by atoms with Gasteiger partial charge in [-0.3, -0.25) is 9.78 Å². The summed E-state index contributed by atoms with van der Waals surface area (Å²) in [6.07, 6.45) is 3.92. The maximum Gasteiger partial charge on any atom is 0.307 e. The van der Waals surface area contributed by atoms with E-state index in [2.05, 4.69) is 37.6 Å². The Labute approximate surface area is 185 Å². The predicted octanol–water partition coefficient (Wildman–Crippen LogP) is 5.05. The smallest absolute Gasteiger partial charge is 0.307 e. The Bertz CT molecular complexity index is 943. The molecule has 0 bridgehead atoms. The van der Waals surface area contributed by atoms with Crippen molar-refractivity contribution >= 4 is 11.7 Å². The Kier molecular flexibility index (Phi) is 6.87. The van der Waals surface area contributed by atoms with Gasteiger partial charge in [0.05, 0.1) is 30.1 Å². The molecule has 31 heavy (non-hydrogen) atoms. The molecule has 168 valence electrons. The topological polar surface area (TPSA) is 75.5 Å². The number of hydrogen-bond donors (Lipinski definition) is 1. The quantitative estimate of drug-likeness (QED) is 0.669. The van der Waals surface area contributed by atoms with Crippen LogP contribution in [0.4, 0.5) is 5.69 Å². The zero-order valence-corrected chi connectivity index (χ0v) is 19.7. The minimum Gasteiger partial charge on any atom is -0.491 e. The fraction of sp³-hybridized carbons (Fsp3) is 0.560. The van der Waals surface area contributed by atoms with Gasteiger partial charge in [0.2, 0.25) is 0 Å². The number of pyridine rings is 2. The zero-order valence-electron chi connectivity index (χ0n) is 19.7. The van der Waals surface area contributed by atoms with Crippen molar-refractivity contribution in [3.8, 4) is 17.0 Å². The number of carboxylic acid groups (broad SMARTS) is 1. The molecular weight excluding hydrogens is 390 g/mol. The van der Waals surface area contributed by atoms with Crippen molar-refractivity contribution in [1.82, 2.24) is 9.97 Å². The van der Waals surface area contributed by atoms with Crippen molar-refractivity contribution in [3.63, 3.8) is 0 Å². The minimum atomic E-state index is -0.845. The highest BCUT2D eigenvalue weighted by Crippen LogP contribution is 2.39. The number of ether oxygens (including phenoxy) is 1. The molecule has 1 N–H and O–H groups in total. The molecular formula is C25H35N3O3. The van der Waals surface area contributed by atoms with E-state index in [-0.39, 0.29) is 6.42 Å². The Hall–Kier alpha value is -2.63. The number of nitrogens with zero attached hydrogens (tertiary/aromatic N) is 3. The lowest BCUT2D eigenvalue weighted by Gasteiger charge is -2.40. The highest BCUT2D eigenvalue weighted by Gasteiger charge is 2.29. The fourth-order valence-electron chi connectivity index (χ4n) is 3.99. The molecule has 6 nitrogen and oxygen atoms in total. The Morgan fingerprint density at radius 3 is 2.45 bits per heavy atom. The van der Waals surface area contributed by atoms with E-state index in [1.165, 1.54) is 0 Å². The summed E-state index contributed by atoms with van der Waals surface area (Å²) in [5.74, 6) is 0.376. The predicted molar refractivity (Wildman–Crippen MR) is 124 cm³/mol. The molecule has 6 heteroatoms. The van der Waals surface area contributed by atoms with Gasteiger partial charge < -0.3 is 14.7 Å². The normalized spacial score (nSPS) is 15.9. The Balaban J connectivity index is 2.05. The van der Waals surface area contributed by atoms with Crippen LogP contribution in [0.1, 0.15) is 57.5 Å². The first-order valence-electron chi connectivity index (χ1n) is 11.1. The first-order valence-corrected chi connectivity index (χ1v) is 11.1. The number of aromatic nitrogens is 2. The van der Waals surface area contributed by atoms with Gasteiger partial charge in [-0.1, -0.05) is 27.7 Å². The number of anilines is 1. The van der Waals surface area contributed by atoms with E-state index in [9.17, 15) is 9.90 Å². The average molecular weight is 426 g/mol. The molecule has 2 aromatic heterocycles. The summed E-state index contributed by atoms with van der Waals surface area (Å²) >= 11 is 0. The number of piperidine rings is 1. The number of aryl methyl sites for hydroxylation is 2. The molecule has 0 aromatic carbocycles. The molecule has 1 saturated heterocycles. The Morgan fingerprint density at radius 1 is 1.19 bits per heavy atom. The van der Waals surface area contributed by atoms with Crippen LogP contribution in [0, 0.1) is 25.2 Å². The summed E-state index contributed by atoms with van der Waals surface area (Å²) < 4.78 is 5.89. The van der Waals surface area contributed by atoms with Crippen LogP contribution in [0.3, 0.4) is 0 Å². The van der Waals surface area contributed by atoms with Gasteiger partial charge in [0, 0.05) is 36.1 Å². The van der Waals surface area contributed by atoms with Crippen LogP contribution in [0.15, 0.2) is 18.3 Å². The van der Waals surface area contributed by atoms with Crippen molar-refractivity contribution in [2.75, 3.05) is 24.6 Å². The van der Waals surface area contributed by atoms with Crippen LogP contribution in [-0.2, 0) is 11.2 Å². The molecule has 0 amide bonds. The molecule has 3 rings (SSSR count). The van der Waals surface area contributed by atoms with Crippen LogP contribution in [-0.4, -0.2) is 40.7 Å². The van der Waals surface area contributed by atoms with Crippen LogP contribution < -0.4 is 9.64 Å². The molecule has 3 heterocycles. The van der Waals surface area contributed by atoms with Crippen LogP contribution in [0.5, 0.6) is 5.75 Å². The average Bonchev–Trinajstić information content (AvgIpc) is 2.68. The number of carboxylic acids is 1. The number of carbonyl (C=O) groups is 1. The van der Waals surface area contributed by atoms with E-state index in [0.29, 0.717) is 17.9 Å².